The monoisotopic (exact) mass is 344 g/mol. The molecule has 1 aromatic heterocycles. The number of fused-ring (bicyclic) bond motifs is 3. The summed E-state index contributed by atoms with van der Waals surface area (Å²) in [6, 6.07) is 4.67. The Labute approximate surface area is 149 Å². The summed E-state index contributed by atoms with van der Waals surface area (Å²) in [5, 5.41) is 3.05. The molecule has 136 valence electrons. The third-order valence-electron chi connectivity index (χ3n) is 6.11. The molecule has 1 N–H and O–H groups in total. The number of piperidine rings is 1. The van der Waals surface area contributed by atoms with Gasteiger partial charge in [-0.1, -0.05) is 12.5 Å². The number of nitrogens with one attached hydrogen (secondary N) is 1. The van der Waals surface area contributed by atoms with Crippen LogP contribution < -0.4 is 10.1 Å². The lowest BCUT2D eigenvalue weighted by molar-refractivity contribution is 0.154. The third-order valence-corrected chi connectivity index (χ3v) is 6.11. The molecule has 25 heavy (non-hydrogen) atoms. The summed E-state index contributed by atoms with van der Waals surface area (Å²) in [6.45, 7) is 6.62. The number of carbonyl (C=O) groups excluding carboxylic acids is 1. The molecule has 3 atom stereocenters. The Morgan fingerprint density at radius 2 is 2.20 bits per heavy atom. The summed E-state index contributed by atoms with van der Waals surface area (Å²) in [5.74, 6) is 1.92. The number of rotatable bonds is 3. The largest absolute Gasteiger partial charge is 0.481 e. The van der Waals surface area contributed by atoms with Gasteiger partial charge in [0, 0.05) is 43.5 Å². The fraction of sp³-hybridized carbons (Fsp3) is 0.684. The summed E-state index contributed by atoms with van der Waals surface area (Å²) < 4.78 is 5.32. The van der Waals surface area contributed by atoms with E-state index in [4.69, 9.17) is 4.74 Å². The lowest BCUT2D eigenvalue weighted by Crippen LogP contribution is -2.43. The first-order chi connectivity index (χ1) is 12.2. The zero-order valence-electron chi connectivity index (χ0n) is 15.2. The number of methoxy groups -OCH3 is 1. The molecule has 3 saturated heterocycles. The number of amides is 2. The van der Waals surface area contributed by atoms with Crippen LogP contribution in [0.1, 0.15) is 30.5 Å². The number of hydrogen-bond acceptors (Lipinski definition) is 4. The smallest absolute Gasteiger partial charge is 0.317 e. The maximum absolute atomic E-state index is 12.6. The van der Waals surface area contributed by atoms with Crippen LogP contribution in [0.5, 0.6) is 5.88 Å². The standard InChI is InChI=1S/C19H28N4O2/c1-13-6-7-14(18(21-13)25-2)9-20-19(24)23-11-15-10-22-8-4-3-5-17(22)16(15)12-23/h6-7,15-17H,3-5,8-12H2,1-2H3,(H,20,24)/t15-,16-,17+/m0/s1. The van der Waals surface area contributed by atoms with Crippen LogP contribution in [-0.2, 0) is 6.54 Å². The fourth-order valence-electron chi connectivity index (χ4n) is 4.88. The number of nitrogens with zero attached hydrogens (tertiary/aromatic N) is 3. The van der Waals surface area contributed by atoms with Gasteiger partial charge in [0.05, 0.1) is 7.11 Å². The zero-order valence-corrected chi connectivity index (χ0v) is 15.2. The molecule has 0 radical (unpaired) electrons. The Balaban J connectivity index is 1.34. The van der Waals surface area contributed by atoms with Crippen molar-refractivity contribution in [1.82, 2.24) is 20.1 Å². The molecule has 0 aliphatic carbocycles. The van der Waals surface area contributed by atoms with Crippen LogP contribution in [0.25, 0.3) is 0 Å². The fourth-order valence-corrected chi connectivity index (χ4v) is 4.88. The molecule has 2 amide bonds. The van der Waals surface area contributed by atoms with Gasteiger partial charge in [-0.3, -0.25) is 4.90 Å². The van der Waals surface area contributed by atoms with Gasteiger partial charge in [0.1, 0.15) is 0 Å². The van der Waals surface area contributed by atoms with Gasteiger partial charge in [0.2, 0.25) is 5.88 Å². The van der Waals surface area contributed by atoms with E-state index in [1.165, 1.54) is 32.4 Å². The highest BCUT2D eigenvalue weighted by Crippen LogP contribution is 2.40. The quantitative estimate of drug-likeness (QED) is 0.911. The highest BCUT2D eigenvalue weighted by Gasteiger charge is 2.48. The number of pyridine rings is 1. The molecule has 0 aromatic carbocycles. The van der Waals surface area contributed by atoms with Gasteiger partial charge >= 0.3 is 6.03 Å². The highest BCUT2D eigenvalue weighted by molar-refractivity contribution is 5.74. The molecular formula is C19H28N4O2. The summed E-state index contributed by atoms with van der Waals surface area (Å²) >= 11 is 0. The first kappa shape index (κ1) is 16.6. The Kier molecular flexibility index (Phi) is 4.54. The van der Waals surface area contributed by atoms with E-state index >= 15 is 0 Å². The minimum absolute atomic E-state index is 0.0411. The van der Waals surface area contributed by atoms with Gasteiger partial charge in [-0.25, -0.2) is 9.78 Å². The van der Waals surface area contributed by atoms with Crippen LogP contribution in [0.15, 0.2) is 12.1 Å². The second-order valence-electron chi connectivity index (χ2n) is 7.67. The zero-order chi connectivity index (χ0) is 17.4. The Hall–Kier alpha value is -1.82. The molecule has 3 aliphatic heterocycles. The number of aromatic nitrogens is 1. The first-order valence-corrected chi connectivity index (χ1v) is 9.43. The maximum Gasteiger partial charge on any atom is 0.317 e. The van der Waals surface area contributed by atoms with Gasteiger partial charge in [-0.05, 0) is 44.2 Å². The predicted octanol–water partition coefficient (Wildman–Crippen LogP) is 2.02. The molecule has 0 saturated carbocycles. The number of aryl methyl sites for hydroxylation is 1. The van der Waals surface area contributed by atoms with Crippen LogP contribution in [0.4, 0.5) is 4.79 Å². The van der Waals surface area contributed by atoms with Crippen molar-refractivity contribution < 1.29 is 9.53 Å². The number of carbonyl (C=O) groups is 1. The summed E-state index contributed by atoms with van der Waals surface area (Å²) in [6.07, 6.45) is 3.99. The highest BCUT2D eigenvalue weighted by atomic mass is 16.5. The van der Waals surface area contributed by atoms with Gasteiger partial charge < -0.3 is 15.0 Å². The van der Waals surface area contributed by atoms with Crippen molar-refractivity contribution in [2.24, 2.45) is 11.8 Å². The average Bonchev–Trinajstić information content (AvgIpc) is 3.18. The number of urea groups is 1. The van der Waals surface area contributed by atoms with Crippen molar-refractivity contribution in [3.63, 3.8) is 0 Å². The molecule has 3 fully saturated rings. The van der Waals surface area contributed by atoms with Crippen LogP contribution in [0.3, 0.4) is 0 Å². The minimum Gasteiger partial charge on any atom is -0.481 e. The van der Waals surface area contributed by atoms with E-state index in [0.717, 1.165) is 24.3 Å². The van der Waals surface area contributed by atoms with E-state index < -0.39 is 0 Å². The van der Waals surface area contributed by atoms with Crippen LogP contribution in [-0.4, -0.2) is 60.1 Å². The summed E-state index contributed by atoms with van der Waals surface area (Å²) in [4.78, 5) is 21.7. The van der Waals surface area contributed by atoms with Crippen molar-refractivity contribution in [1.29, 1.82) is 0 Å². The van der Waals surface area contributed by atoms with Crippen molar-refractivity contribution in [3.8, 4) is 5.88 Å². The maximum atomic E-state index is 12.6. The lowest BCUT2D eigenvalue weighted by Gasteiger charge is -2.33. The molecule has 0 spiro atoms. The molecule has 6 heteroatoms. The van der Waals surface area contributed by atoms with E-state index in [0.29, 0.717) is 30.3 Å². The summed E-state index contributed by atoms with van der Waals surface area (Å²) in [7, 11) is 1.62. The van der Waals surface area contributed by atoms with Crippen LogP contribution in [0, 0.1) is 18.8 Å². The Bertz CT molecular complexity index is 650. The second-order valence-corrected chi connectivity index (χ2v) is 7.67. The minimum atomic E-state index is 0.0411. The van der Waals surface area contributed by atoms with E-state index in [9.17, 15) is 4.79 Å². The van der Waals surface area contributed by atoms with Crippen molar-refractivity contribution in [2.45, 2.75) is 38.8 Å². The first-order valence-electron chi connectivity index (χ1n) is 9.43. The molecule has 0 unspecified atom stereocenters. The lowest BCUT2D eigenvalue weighted by atomic mass is 9.90. The van der Waals surface area contributed by atoms with Gasteiger partial charge in [0.15, 0.2) is 0 Å². The molecule has 0 bridgehead atoms. The third kappa shape index (κ3) is 3.19. The van der Waals surface area contributed by atoms with Gasteiger partial charge in [-0.15, -0.1) is 0 Å². The number of likely N-dealkylation sites (tertiary alicyclic amines) is 1. The predicted molar refractivity (Wildman–Crippen MR) is 95.5 cm³/mol. The van der Waals surface area contributed by atoms with Crippen molar-refractivity contribution in [3.05, 3.63) is 23.4 Å². The Morgan fingerprint density at radius 3 is 3.04 bits per heavy atom. The summed E-state index contributed by atoms with van der Waals surface area (Å²) in [5.41, 5.74) is 1.83. The van der Waals surface area contributed by atoms with Crippen LogP contribution >= 0.6 is 0 Å². The average molecular weight is 344 g/mol. The molecule has 6 nitrogen and oxygen atoms in total. The number of ether oxygens (including phenoxy) is 1. The van der Waals surface area contributed by atoms with Gasteiger partial charge in [-0.2, -0.15) is 0 Å². The van der Waals surface area contributed by atoms with E-state index in [1.807, 2.05) is 24.0 Å². The Morgan fingerprint density at radius 1 is 1.32 bits per heavy atom. The van der Waals surface area contributed by atoms with Crippen molar-refractivity contribution >= 4 is 6.03 Å². The van der Waals surface area contributed by atoms with E-state index in [2.05, 4.69) is 15.2 Å². The van der Waals surface area contributed by atoms with Gasteiger partial charge in [0.25, 0.3) is 0 Å². The van der Waals surface area contributed by atoms with E-state index in [-0.39, 0.29) is 6.03 Å². The van der Waals surface area contributed by atoms with E-state index in [1.54, 1.807) is 7.11 Å². The molecule has 1 aromatic rings. The molecule has 3 aliphatic rings. The second kappa shape index (κ2) is 6.83. The topological polar surface area (TPSA) is 57.7 Å². The molecule has 4 heterocycles. The van der Waals surface area contributed by atoms with Crippen LogP contribution in [0.2, 0.25) is 0 Å². The number of hydrogen-bond donors (Lipinski definition) is 1. The molecular weight excluding hydrogens is 316 g/mol. The SMILES string of the molecule is COc1nc(C)ccc1CNC(=O)N1C[C@@H]2CN3CCCC[C@@H]3[C@H]2C1. The molecule has 4 rings (SSSR count). The normalized spacial score (nSPS) is 28.6. The van der Waals surface area contributed by atoms with Crippen molar-refractivity contribution in [2.75, 3.05) is 33.3 Å².